The summed E-state index contributed by atoms with van der Waals surface area (Å²) in [5, 5.41) is 0. The second kappa shape index (κ2) is 5.37. The first-order valence-electron chi connectivity index (χ1n) is 6.54. The van der Waals surface area contributed by atoms with Gasteiger partial charge >= 0.3 is 0 Å². The van der Waals surface area contributed by atoms with Crippen LogP contribution in [0, 0.1) is 17.6 Å². The standard InChI is InChI=1S/C15H18F2O2/c1-10-6-8-15(19-2,9-7-10)14(18)13-11(16)4-3-5-12(13)17/h3-5,10H,6-9H2,1-2H3. The summed E-state index contributed by atoms with van der Waals surface area (Å²) in [4.78, 5) is 12.5. The van der Waals surface area contributed by atoms with E-state index < -0.39 is 28.6 Å². The van der Waals surface area contributed by atoms with Crippen LogP contribution in [0.5, 0.6) is 0 Å². The average Bonchev–Trinajstić information content (AvgIpc) is 2.39. The van der Waals surface area contributed by atoms with Crippen molar-refractivity contribution in [3.05, 3.63) is 35.4 Å². The van der Waals surface area contributed by atoms with Gasteiger partial charge in [0.2, 0.25) is 5.78 Å². The van der Waals surface area contributed by atoms with Gasteiger partial charge in [0.05, 0.1) is 5.56 Å². The molecule has 0 radical (unpaired) electrons. The Hall–Kier alpha value is -1.29. The van der Waals surface area contributed by atoms with Gasteiger partial charge in [-0.3, -0.25) is 4.79 Å². The number of ether oxygens (including phenoxy) is 1. The SMILES string of the molecule is COC1(C(=O)c2c(F)cccc2F)CCC(C)CC1. The summed E-state index contributed by atoms with van der Waals surface area (Å²) < 4.78 is 32.8. The van der Waals surface area contributed by atoms with Crippen molar-refractivity contribution < 1.29 is 18.3 Å². The number of hydrogen-bond acceptors (Lipinski definition) is 2. The van der Waals surface area contributed by atoms with Crippen molar-refractivity contribution in [1.29, 1.82) is 0 Å². The summed E-state index contributed by atoms with van der Waals surface area (Å²) in [6.45, 7) is 2.10. The zero-order chi connectivity index (χ0) is 14.0. The average molecular weight is 268 g/mol. The monoisotopic (exact) mass is 268 g/mol. The Labute approximate surface area is 111 Å². The smallest absolute Gasteiger partial charge is 0.200 e. The molecular weight excluding hydrogens is 250 g/mol. The lowest BCUT2D eigenvalue weighted by molar-refractivity contribution is -0.0268. The van der Waals surface area contributed by atoms with Gasteiger partial charge < -0.3 is 4.74 Å². The number of rotatable bonds is 3. The van der Waals surface area contributed by atoms with E-state index >= 15 is 0 Å². The highest BCUT2D eigenvalue weighted by molar-refractivity contribution is 6.03. The molecule has 0 aliphatic heterocycles. The molecule has 0 unspecified atom stereocenters. The van der Waals surface area contributed by atoms with E-state index in [1.165, 1.54) is 13.2 Å². The summed E-state index contributed by atoms with van der Waals surface area (Å²) >= 11 is 0. The third kappa shape index (κ3) is 2.54. The zero-order valence-corrected chi connectivity index (χ0v) is 11.2. The van der Waals surface area contributed by atoms with Crippen LogP contribution >= 0.6 is 0 Å². The molecule has 2 nitrogen and oxygen atoms in total. The summed E-state index contributed by atoms with van der Waals surface area (Å²) in [5.74, 6) is -1.70. The molecule has 1 aliphatic rings. The van der Waals surface area contributed by atoms with Crippen LogP contribution < -0.4 is 0 Å². The molecule has 0 spiro atoms. The van der Waals surface area contributed by atoms with Crippen molar-refractivity contribution in [3.63, 3.8) is 0 Å². The van der Waals surface area contributed by atoms with Crippen molar-refractivity contribution in [1.82, 2.24) is 0 Å². The van der Waals surface area contributed by atoms with Gasteiger partial charge in [0.1, 0.15) is 17.2 Å². The van der Waals surface area contributed by atoms with Crippen LogP contribution in [-0.4, -0.2) is 18.5 Å². The van der Waals surface area contributed by atoms with Crippen molar-refractivity contribution in [2.45, 2.75) is 38.2 Å². The fraction of sp³-hybridized carbons (Fsp3) is 0.533. The van der Waals surface area contributed by atoms with E-state index in [0.717, 1.165) is 25.0 Å². The minimum Gasteiger partial charge on any atom is -0.370 e. The maximum Gasteiger partial charge on any atom is 0.200 e. The van der Waals surface area contributed by atoms with E-state index in [2.05, 4.69) is 6.92 Å². The second-order valence-electron chi connectivity index (χ2n) is 5.31. The summed E-state index contributed by atoms with van der Waals surface area (Å²) in [6, 6.07) is 3.46. The molecule has 0 saturated heterocycles. The Morgan fingerprint density at radius 1 is 1.26 bits per heavy atom. The predicted molar refractivity (Wildman–Crippen MR) is 68.1 cm³/mol. The summed E-state index contributed by atoms with van der Waals surface area (Å²) in [6.07, 6.45) is 2.68. The molecule has 0 N–H and O–H groups in total. The molecule has 0 bridgehead atoms. The van der Waals surface area contributed by atoms with Crippen LogP contribution in [0.2, 0.25) is 0 Å². The third-order valence-corrected chi connectivity index (χ3v) is 4.08. The Kier molecular flexibility index (Phi) is 3.99. The van der Waals surface area contributed by atoms with Crippen LogP contribution in [0.15, 0.2) is 18.2 Å². The minimum atomic E-state index is -1.07. The topological polar surface area (TPSA) is 26.3 Å². The number of benzene rings is 1. The van der Waals surface area contributed by atoms with Crippen LogP contribution in [0.4, 0.5) is 8.78 Å². The lowest BCUT2D eigenvalue weighted by Crippen LogP contribution is -2.44. The van der Waals surface area contributed by atoms with Crippen LogP contribution in [-0.2, 0) is 4.74 Å². The van der Waals surface area contributed by atoms with E-state index in [-0.39, 0.29) is 0 Å². The number of hydrogen-bond donors (Lipinski definition) is 0. The van der Waals surface area contributed by atoms with E-state index in [4.69, 9.17) is 4.74 Å². The van der Waals surface area contributed by atoms with Crippen molar-refractivity contribution in [2.75, 3.05) is 7.11 Å². The molecule has 1 aromatic carbocycles. The van der Waals surface area contributed by atoms with E-state index in [1.54, 1.807) is 0 Å². The van der Waals surface area contributed by atoms with Crippen LogP contribution in [0.3, 0.4) is 0 Å². The zero-order valence-electron chi connectivity index (χ0n) is 11.2. The Balaban J connectivity index is 2.36. The maximum absolute atomic E-state index is 13.7. The molecule has 19 heavy (non-hydrogen) atoms. The first kappa shape index (κ1) is 14.1. The number of ketones is 1. The molecule has 2 rings (SSSR count). The van der Waals surface area contributed by atoms with Gasteiger partial charge in [0.25, 0.3) is 0 Å². The number of Topliss-reactive ketones (excluding diaryl/α,β-unsaturated/α-hetero) is 1. The van der Waals surface area contributed by atoms with Gasteiger partial charge in [-0.15, -0.1) is 0 Å². The van der Waals surface area contributed by atoms with Crippen molar-refractivity contribution in [2.24, 2.45) is 5.92 Å². The van der Waals surface area contributed by atoms with E-state index in [0.29, 0.717) is 18.8 Å². The first-order valence-corrected chi connectivity index (χ1v) is 6.54. The molecule has 1 fully saturated rings. The molecule has 1 aromatic rings. The highest BCUT2D eigenvalue weighted by atomic mass is 19.1. The molecule has 0 heterocycles. The molecule has 104 valence electrons. The normalized spacial score (nSPS) is 27.3. The lowest BCUT2D eigenvalue weighted by atomic mass is 9.75. The number of halogens is 2. The Morgan fingerprint density at radius 3 is 2.26 bits per heavy atom. The maximum atomic E-state index is 13.7. The third-order valence-electron chi connectivity index (χ3n) is 4.08. The Bertz CT molecular complexity index is 457. The number of carbonyl (C=O) groups is 1. The lowest BCUT2D eigenvalue weighted by Gasteiger charge is -2.37. The molecular formula is C15H18F2O2. The highest BCUT2D eigenvalue weighted by Crippen LogP contribution is 2.37. The predicted octanol–water partition coefficient (Wildman–Crippen LogP) is 3.74. The van der Waals surface area contributed by atoms with Crippen LogP contribution in [0.1, 0.15) is 43.0 Å². The minimum absolute atomic E-state index is 0.473. The van der Waals surface area contributed by atoms with E-state index in [1.807, 2.05) is 0 Å². The largest absolute Gasteiger partial charge is 0.370 e. The van der Waals surface area contributed by atoms with Gasteiger partial charge in [0, 0.05) is 7.11 Å². The first-order chi connectivity index (χ1) is 9.00. The quantitative estimate of drug-likeness (QED) is 0.780. The van der Waals surface area contributed by atoms with Crippen molar-refractivity contribution >= 4 is 5.78 Å². The molecule has 0 aromatic heterocycles. The molecule has 1 saturated carbocycles. The van der Waals surface area contributed by atoms with Gasteiger partial charge in [-0.2, -0.15) is 0 Å². The number of methoxy groups -OCH3 is 1. The van der Waals surface area contributed by atoms with Crippen molar-refractivity contribution in [3.8, 4) is 0 Å². The Morgan fingerprint density at radius 2 is 1.79 bits per heavy atom. The number of carbonyl (C=O) groups excluding carboxylic acids is 1. The summed E-state index contributed by atoms with van der Waals surface area (Å²) in [7, 11) is 1.44. The van der Waals surface area contributed by atoms with Gasteiger partial charge in [-0.05, 0) is 43.7 Å². The highest BCUT2D eigenvalue weighted by Gasteiger charge is 2.43. The summed E-state index contributed by atoms with van der Waals surface area (Å²) in [5.41, 5.74) is -1.55. The molecule has 0 atom stereocenters. The fourth-order valence-electron chi connectivity index (χ4n) is 2.69. The molecule has 4 heteroatoms. The van der Waals surface area contributed by atoms with Gasteiger partial charge in [-0.1, -0.05) is 13.0 Å². The fourth-order valence-corrected chi connectivity index (χ4v) is 2.69. The van der Waals surface area contributed by atoms with Gasteiger partial charge in [-0.25, -0.2) is 8.78 Å². The van der Waals surface area contributed by atoms with Crippen LogP contribution in [0.25, 0.3) is 0 Å². The van der Waals surface area contributed by atoms with Gasteiger partial charge in [0.15, 0.2) is 0 Å². The molecule has 0 amide bonds. The van der Waals surface area contributed by atoms with E-state index in [9.17, 15) is 13.6 Å². The molecule has 1 aliphatic carbocycles. The second-order valence-corrected chi connectivity index (χ2v) is 5.31.